The Hall–Kier alpha value is -1.31. The number of thioether (sulfide) groups is 1. The van der Waals surface area contributed by atoms with Gasteiger partial charge < -0.3 is 0 Å². The molecule has 1 aromatic carbocycles. The van der Waals surface area contributed by atoms with Crippen LogP contribution in [0.3, 0.4) is 0 Å². The first-order valence-electron chi connectivity index (χ1n) is 7.57. The van der Waals surface area contributed by atoms with Gasteiger partial charge in [-0.2, -0.15) is 0 Å². The van der Waals surface area contributed by atoms with Crippen LogP contribution in [0.4, 0.5) is 22.0 Å². The number of rotatable bonds is 1. The summed E-state index contributed by atoms with van der Waals surface area (Å²) in [6, 6.07) is 0. The summed E-state index contributed by atoms with van der Waals surface area (Å²) < 4.78 is 69.8. The van der Waals surface area contributed by atoms with E-state index in [2.05, 4.69) is 0 Å². The van der Waals surface area contributed by atoms with Gasteiger partial charge in [-0.15, -0.1) is 0 Å². The van der Waals surface area contributed by atoms with E-state index in [-0.39, 0.29) is 0 Å². The fourth-order valence-electron chi connectivity index (χ4n) is 2.91. The molecule has 0 spiro atoms. The van der Waals surface area contributed by atoms with E-state index in [0.29, 0.717) is 16.9 Å². The molecule has 0 radical (unpaired) electrons. The standard InChI is InChI=1S/C15H16F5N2S/c16-9-10(17)12(19)14(13(20)11(9)18)23-15(21-5-1-2-6-21)22-7-3-4-8-22/h1-8H2/q+1. The maximum atomic E-state index is 13.9. The average molecular weight is 351 g/mol. The van der Waals surface area contributed by atoms with E-state index in [1.165, 1.54) is 0 Å². The largest absolute Gasteiger partial charge is 0.313 e. The predicted octanol–water partition coefficient (Wildman–Crippen LogP) is 3.73. The highest BCUT2D eigenvalue weighted by Crippen LogP contribution is 2.33. The van der Waals surface area contributed by atoms with Crippen molar-refractivity contribution in [2.45, 2.75) is 30.6 Å². The summed E-state index contributed by atoms with van der Waals surface area (Å²) in [6.07, 6.45) is 3.81. The van der Waals surface area contributed by atoms with Gasteiger partial charge in [0.15, 0.2) is 23.3 Å². The molecule has 126 valence electrons. The van der Waals surface area contributed by atoms with Gasteiger partial charge in [-0.05, 0) is 25.7 Å². The monoisotopic (exact) mass is 351 g/mol. The van der Waals surface area contributed by atoms with Crippen molar-refractivity contribution in [1.82, 2.24) is 4.90 Å². The summed E-state index contributed by atoms with van der Waals surface area (Å²) in [5, 5.41) is 0.586. The molecule has 2 aliphatic rings. The maximum Gasteiger partial charge on any atom is 0.313 e. The molecule has 1 aromatic rings. The predicted molar refractivity (Wildman–Crippen MR) is 77.1 cm³/mol. The highest BCUT2D eigenvalue weighted by atomic mass is 32.2. The third-order valence-corrected chi connectivity index (χ3v) is 5.38. The van der Waals surface area contributed by atoms with Crippen molar-refractivity contribution in [2.24, 2.45) is 0 Å². The van der Waals surface area contributed by atoms with Crippen LogP contribution in [0.2, 0.25) is 0 Å². The van der Waals surface area contributed by atoms with E-state index in [9.17, 15) is 22.0 Å². The number of likely N-dealkylation sites (tertiary alicyclic amines) is 1. The lowest BCUT2D eigenvalue weighted by Gasteiger charge is -2.16. The lowest BCUT2D eigenvalue weighted by Crippen LogP contribution is -2.33. The second kappa shape index (κ2) is 6.67. The Balaban J connectivity index is 2.03. The molecule has 0 aromatic heterocycles. The van der Waals surface area contributed by atoms with Gasteiger partial charge in [0, 0.05) is 11.8 Å². The van der Waals surface area contributed by atoms with Crippen LogP contribution in [0.25, 0.3) is 0 Å². The van der Waals surface area contributed by atoms with Crippen LogP contribution in [0.5, 0.6) is 0 Å². The topological polar surface area (TPSA) is 6.25 Å². The lowest BCUT2D eigenvalue weighted by molar-refractivity contribution is -0.508. The maximum absolute atomic E-state index is 13.9. The highest BCUT2D eigenvalue weighted by Gasteiger charge is 2.34. The first-order chi connectivity index (χ1) is 11.0. The van der Waals surface area contributed by atoms with Crippen LogP contribution in [0.15, 0.2) is 4.90 Å². The molecule has 0 N–H and O–H groups in total. The van der Waals surface area contributed by atoms with E-state index in [1.54, 1.807) is 0 Å². The average Bonchev–Trinajstić information content (AvgIpc) is 3.25. The molecule has 3 rings (SSSR count). The van der Waals surface area contributed by atoms with Crippen LogP contribution in [0.1, 0.15) is 25.7 Å². The summed E-state index contributed by atoms with van der Waals surface area (Å²) in [7, 11) is 0. The van der Waals surface area contributed by atoms with E-state index >= 15 is 0 Å². The molecule has 2 nitrogen and oxygen atoms in total. The van der Waals surface area contributed by atoms with Crippen LogP contribution in [0, 0.1) is 29.1 Å². The zero-order chi connectivity index (χ0) is 16.6. The Labute approximate surface area is 135 Å². The molecule has 0 saturated carbocycles. The number of hydrogen-bond donors (Lipinski definition) is 0. The molecule has 23 heavy (non-hydrogen) atoms. The molecule has 2 heterocycles. The first-order valence-corrected chi connectivity index (χ1v) is 8.38. The highest BCUT2D eigenvalue weighted by molar-refractivity contribution is 8.13. The Morgan fingerprint density at radius 2 is 1.22 bits per heavy atom. The Kier molecular flexibility index (Phi) is 4.79. The van der Waals surface area contributed by atoms with E-state index in [0.717, 1.165) is 51.9 Å². The van der Waals surface area contributed by atoms with Gasteiger partial charge in [-0.1, -0.05) is 0 Å². The van der Waals surface area contributed by atoms with Crippen LogP contribution >= 0.6 is 11.8 Å². The quantitative estimate of drug-likeness (QED) is 0.190. The zero-order valence-electron chi connectivity index (χ0n) is 12.3. The van der Waals surface area contributed by atoms with E-state index in [4.69, 9.17) is 0 Å². The third kappa shape index (κ3) is 3.05. The number of benzene rings is 1. The third-order valence-electron chi connectivity index (χ3n) is 4.12. The summed E-state index contributed by atoms with van der Waals surface area (Å²) in [6.45, 7) is 2.92. The lowest BCUT2D eigenvalue weighted by atomic mass is 10.3. The molecule has 0 unspecified atom stereocenters. The van der Waals surface area contributed by atoms with E-state index in [1.807, 2.05) is 9.48 Å². The van der Waals surface area contributed by atoms with Crippen molar-refractivity contribution >= 4 is 16.9 Å². The van der Waals surface area contributed by atoms with Crippen molar-refractivity contribution in [3.63, 3.8) is 0 Å². The normalized spacial score (nSPS) is 18.1. The Bertz CT molecular complexity index is 619. The van der Waals surface area contributed by atoms with Gasteiger partial charge in [0.2, 0.25) is 5.82 Å². The molecule has 2 saturated heterocycles. The molecule has 0 bridgehead atoms. The number of halogens is 5. The minimum Gasteiger partial charge on any atom is -0.256 e. The van der Waals surface area contributed by atoms with Crippen molar-refractivity contribution in [1.29, 1.82) is 0 Å². The molecule has 8 heteroatoms. The molecule has 2 fully saturated rings. The van der Waals surface area contributed by atoms with Gasteiger partial charge >= 0.3 is 5.17 Å². The van der Waals surface area contributed by atoms with E-state index < -0.39 is 34.0 Å². The van der Waals surface area contributed by atoms with Crippen molar-refractivity contribution in [3.05, 3.63) is 29.1 Å². The number of hydrogen-bond acceptors (Lipinski definition) is 1. The second-order valence-corrected chi connectivity index (χ2v) is 6.65. The Morgan fingerprint density at radius 1 is 0.739 bits per heavy atom. The summed E-state index contributed by atoms with van der Waals surface area (Å²) >= 11 is 0.645. The number of nitrogens with zero attached hydrogens (tertiary/aromatic N) is 2. The van der Waals surface area contributed by atoms with Crippen LogP contribution in [-0.2, 0) is 0 Å². The van der Waals surface area contributed by atoms with Crippen LogP contribution < -0.4 is 0 Å². The smallest absolute Gasteiger partial charge is 0.256 e. The van der Waals surface area contributed by atoms with Gasteiger partial charge in [0.25, 0.3) is 0 Å². The SMILES string of the molecule is Fc1c(F)c(F)c(SC(N2CCCC2)=[N+]2CCCC2)c(F)c1F. The fraction of sp³-hybridized carbons (Fsp3) is 0.533. The molecular formula is C15H16F5N2S+. The minimum absolute atomic E-state index is 0.586. The van der Waals surface area contributed by atoms with Crippen molar-refractivity contribution in [2.75, 3.05) is 26.2 Å². The molecule has 2 aliphatic heterocycles. The fourth-order valence-corrected chi connectivity index (χ4v) is 4.08. The second-order valence-electron chi connectivity index (χ2n) is 5.67. The van der Waals surface area contributed by atoms with Gasteiger partial charge in [-0.3, -0.25) is 9.48 Å². The summed E-state index contributed by atoms with van der Waals surface area (Å²) in [5.74, 6) is -9.43. The zero-order valence-corrected chi connectivity index (χ0v) is 13.2. The van der Waals surface area contributed by atoms with Gasteiger partial charge in [-0.25, -0.2) is 22.0 Å². The molecule has 0 atom stereocenters. The summed E-state index contributed by atoms with van der Waals surface area (Å²) in [4.78, 5) is 1.14. The van der Waals surface area contributed by atoms with Crippen molar-refractivity contribution in [3.8, 4) is 0 Å². The molecule has 0 amide bonds. The van der Waals surface area contributed by atoms with Gasteiger partial charge in [0.05, 0.1) is 31.1 Å². The Morgan fingerprint density at radius 3 is 1.74 bits per heavy atom. The first kappa shape index (κ1) is 16.5. The summed E-state index contributed by atoms with van der Waals surface area (Å²) in [5.41, 5.74) is 0. The van der Waals surface area contributed by atoms with Crippen LogP contribution in [-0.4, -0.2) is 40.8 Å². The minimum atomic E-state index is -2.12. The van der Waals surface area contributed by atoms with Crippen molar-refractivity contribution < 1.29 is 26.5 Å². The van der Waals surface area contributed by atoms with Gasteiger partial charge in [0.1, 0.15) is 0 Å². The number of amidine groups is 1. The molecule has 0 aliphatic carbocycles. The molecular weight excluding hydrogens is 335 g/mol.